The van der Waals surface area contributed by atoms with Crippen molar-refractivity contribution in [3.05, 3.63) is 24.2 Å². The van der Waals surface area contributed by atoms with Gasteiger partial charge >= 0.3 is 11.8 Å². The minimum absolute atomic E-state index is 0.00292. The quantitative estimate of drug-likeness (QED) is 0.356. The van der Waals surface area contributed by atoms with Crippen LogP contribution in [-0.4, -0.2) is 18.9 Å². The van der Waals surface area contributed by atoms with Crippen molar-refractivity contribution in [3.8, 4) is 0 Å². The maximum absolute atomic E-state index is 10.9. The molecule has 0 saturated heterocycles. The van der Waals surface area contributed by atoms with Crippen molar-refractivity contribution >= 4 is 11.8 Å². The smallest absolute Gasteiger partial charge is 0.382 e. The van der Waals surface area contributed by atoms with Crippen LogP contribution in [0.2, 0.25) is 0 Å². The lowest BCUT2D eigenvalue weighted by Crippen LogP contribution is -2.14. The highest BCUT2D eigenvalue weighted by Gasteiger charge is 2.18. The molecule has 58 valence electrons. The van der Waals surface area contributed by atoms with Gasteiger partial charge in [0.2, 0.25) is 0 Å². The minimum atomic E-state index is -0.917. The summed E-state index contributed by atoms with van der Waals surface area (Å²) < 4.78 is 8.86. The molecule has 1 rings (SSSR count). The lowest BCUT2D eigenvalue weighted by Gasteiger charge is -1.92. The second kappa shape index (κ2) is 3.01. The Kier molecular flexibility index (Phi) is 2.06. The molecule has 11 heavy (non-hydrogen) atoms. The van der Waals surface area contributed by atoms with Gasteiger partial charge in [0.1, 0.15) is 0 Å². The standard InChI is InChI=1S/C7H6O4/c1-10-7(9)6(8)5-3-2-4-11-5/h2-4H,1H3. The zero-order valence-electron chi connectivity index (χ0n) is 5.87. The lowest BCUT2D eigenvalue weighted by atomic mass is 10.3. The lowest BCUT2D eigenvalue weighted by molar-refractivity contribution is -0.135. The number of Topliss-reactive ketones (excluding diaryl/α,β-unsaturated/α-hetero) is 1. The molecule has 0 bridgehead atoms. The number of carbonyl (C=O) groups excluding carboxylic acids is 2. The van der Waals surface area contributed by atoms with Gasteiger partial charge in [0.15, 0.2) is 5.76 Å². The fourth-order valence-corrected chi connectivity index (χ4v) is 0.601. The molecule has 0 fully saturated rings. The maximum atomic E-state index is 10.9. The Hall–Kier alpha value is -1.58. The van der Waals surface area contributed by atoms with Gasteiger partial charge in [-0.1, -0.05) is 0 Å². The predicted molar refractivity (Wildman–Crippen MR) is 35.1 cm³/mol. The van der Waals surface area contributed by atoms with E-state index >= 15 is 0 Å². The number of hydrogen-bond donors (Lipinski definition) is 0. The molecule has 0 spiro atoms. The van der Waals surface area contributed by atoms with E-state index in [-0.39, 0.29) is 5.76 Å². The fourth-order valence-electron chi connectivity index (χ4n) is 0.601. The number of ether oxygens (including phenoxy) is 1. The van der Waals surface area contributed by atoms with Crippen LogP contribution in [0.25, 0.3) is 0 Å². The number of carbonyl (C=O) groups is 2. The van der Waals surface area contributed by atoms with Crippen molar-refractivity contribution < 1.29 is 18.7 Å². The van der Waals surface area contributed by atoms with Crippen molar-refractivity contribution in [1.29, 1.82) is 0 Å². The van der Waals surface area contributed by atoms with E-state index in [1.807, 2.05) is 0 Å². The van der Waals surface area contributed by atoms with E-state index in [1.165, 1.54) is 18.4 Å². The van der Waals surface area contributed by atoms with Crippen molar-refractivity contribution in [1.82, 2.24) is 0 Å². The monoisotopic (exact) mass is 154 g/mol. The first kappa shape index (κ1) is 7.53. The molecule has 4 heteroatoms. The van der Waals surface area contributed by atoms with Gasteiger partial charge in [-0.3, -0.25) is 4.79 Å². The minimum Gasteiger partial charge on any atom is -0.463 e. The first-order valence-corrected chi connectivity index (χ1v) is 2.92. The maximum Gasteiger partial charge on any atom is 0.382 e. The van der Waals surface area contributed by atoms with Gasteiger partial charge in [0.25, 0.3) is 0 Å². The summed E-state index contributed by atoms with van der Waals surface area (Å²) in [5.41, 5.74) is 0. The van der Waals surface area contributed by atoms with Crippen LogP contribution >= 0.6 is 0 Å². The Labute approximate surface area is 62.8 Å². The van der Waals surface area contributed by atoms with E-state index in [0.29, 0.717) is 0 Å². The summed E-state index contributed by atoms with van der Waals surface area (Å²) >= 11 is 0. The molecule has 0 aliphatic carbocycles. The summed E-state index contributed by atoms with van der Waals surface area (Å²) in [4.78, 5) is 21.4. The van der Waals surface area contributed by atoms with E-state index in [9.17, 15) is 9.59 Å². The van der Waals surface area contributed by atoms with Crippen LogP contribution in [0.3, 0.4) is 0 Å². The number of esters is 1. The molecular formula is C7H6O4. The Balaban J connectivity index is 2.79. The van der Waals surface area contributed by atoms with Crippen LogP contribution in [-0.2, 0) is 9.53 Å². The van der Waals surface area contributed by atoms with Gasteiger partial charge in [-0.25, -0.2) is 4.79 Å². The highest BCUT2D eigenvalue weighted by atomic mass is 16.5. The molecular weight excluding hydrogens is 148 g/mol. The van der Waals surface area contributed by atoms with Gasteiger partial charge in [-0.2, -0.15) is 0 Å². The Bertz CT molecular complexity index is 260. The van der Waals surface area contributed by atoms with Crippen molar-refractivity contribution in [2.75, 3.05) is 7.11 Å². The van der Waals surface area contributed by atoms with E-state index < -0.39 is 11.8 Å². The van der Waals surface area contributed by atoms with Gasteiger partial charge in [0, 0.05) is 0 Å². The Morgan fingerprint density at radius 1 is 1.55 bits per heavy atom. The van der Waals surface area contributed by atoms with Crippen LogP contribution in [0.4, 0.5) is 0 Å². The largest absolute Gasteiger partial charge is 0.463 e. The molecule has 0 aliphatic heterocycles. The molecule has 0 radical (unpaired) electrons. The molecule has 1 aromatic heterocycles. The predicted octanol–water partition coefficient (Wildman–Crippen LogP) is 0.635. The van der Waals surface area contributed by atoms with Crippen LogP contribution in [0, 0.1) is 0 Å². The Morgan fingerprint density at radius 3 is 2.73 bits per heavy atom. The number of rotatable bonds is 2. The third kappa shape index (κ3) is 1.46. The summed E-state index contributed by atoms with van der Waals surface area (Å²) in [6.07, 6.45) is 1.32. The average Bonchev–Trinajstić information content (AvgIpc) is 2.53. The normalized spacial score (nSPS) is 9.18. The first-order valence-electron chi connectivity index (χ1n) is 2.92. The van der Waals surface area contributed by atoms with Crippen LogP contribution in [0.15, 0.2) is 22.8 Å². The number of furan rings is 1. The molecule has 0 unspecified atom stereocenters. The first-order chi connectivity index (χ1) is 5.25. The van der Waals surface area contributed by atoms with Crippen molar-refractivity contribution in [2.24, 2.45) is 0 Å². The fraction of sp³-hybridized carbons (Fsp3) is 0.143. The summed E-state index contributed by atoms with van der Waals surface area (Å²) in [5.74, 6) is -1.69. The second-order valence-electron chi connectivity index (χ2n) is 1.80. The molecule has 1 heterocycles. The number of ketones is 1. The van der Waals surface area contributed by atoms with Gasteiger partial charge in [-0.15, -0.1) is 0 Å². The van der Waals surface area contributed by atoms with E-state index in [0.717, 1.165) is 7.11 Å². The molecule has 0 saturated carbocycles. The third-order valence-electron chi connectivity index (χ3n) is 1.12. The van der Waals surface area contributed by atoms with Gasteiger partial charge < -0.3 is 9.15 Å². The van der Waals surface area contributed by atoms with Crippen LogP contribution in [0.5, 0.6) is 0 Å². The van der Waals surface area contributed by atoms with Crippen molar-refractivity contribution in [3.63, 3.8) is 0 Å². The van der Waals surface area contributed by atoms with Crippen LogP contribution in [0.1, 0.15) is 10.6 Å². The summed E-state index contributed by atoms with van der Waals surface area (Å²) in [5, 5.41) is 0. The highest BCUT2D eigenvalue weighted by molar-refractivity contribution is 6.39. The van der Waals surface area contributed by atoms with E-state index in [4.69, 9.17) is 0 Å². The zero-order chi connectivity index (χ0) is 8.27. The molecule has 1 aromatic rings. The van der Waals surface area contributed by atoms with E-state index in [1.54, 1.807) is 0 Å². The molecule has 0 N–H and O–H groups in total. The third-order valence-corrected chi connectivity index (χ3v) is 1.12. The molecule has 0 amide bonds. The number of hydrogen-bond acceptors (Lipinski definition) is 4. The van der Waals surface area contributed by atoms with E-state index in [2.05, 4.69) is 9.15 Å². The summed E-state index contributed by atoms with van der Waals surface area (Å²) in [6.45, 7) is 0. The van der Waals surface area contributed by atoms with Crippen molar-refractivity contribution in [2.45, 2.75) is 0 Å². The SMILES string of the molecule is COC(=O)C(=O)c1ccco1. The molecule has 4 nitrogen and oxygen atoms in total. The van der Waals surface area contributed by atoms with Gasteiger partial charge in [-0.05, 0) is 12.1 Å². The topological polar surface area (TPSA) is 56.5 Å². The highest BCUT2D eigenvalue weighted by Crippen LogP contribution is 2.01. The molecule has 0 atom stereocenters. The Morgan fingerprint density at radius 2 is 2.27 bits per heavy atom. The molecule has 0 aromatic carbocycles. The van der Waals surface area contributed by atoms with Gasteiger partial charge in [0.05, 0.1) is 13.4 Å². The summed E-state index contributed by atoms with van der Waals surface area (Å²) in [6, 6.07) is 2.93. The summed E-state index contributed by atoms with van der Waals surface area (Å²) in [7, 11) is 1.14. The number of methoxy groups -OCH3 is 1. The average molecular weight is 154 g/mol. The molecule has 0 aliphatic rings. The second-order valence-corrected chi connectivity index (χ2v) is 1.80. The zero-order valence-corrected chi connectivity index (χ0v) is 5.87. The van der Waals surface area contributed by atoms with Crippen LogP contribution < -0.4 is 0 Å².